The molecule has 0 aliphatic rings. The number of nitrogens with one attached hydrogen (secondary N) is 1. The van der Waals surface area contributed by atoms with Gasteiger partial charge in [0.2, 0.25) is 10.0 Å². The molecule has 0 aromatic heterocycles. The van der Waals surface area contributed by atoms with Gasteiger partial charge in [-0.15, -0.1) is 0 Å². The van der Waals surface area contributed by atoms with Crippen molar-refractivity contribution in [2.24, 2.45) is 0 Å². The summed E-state index contributed by atoms with van der Waals surface area (Å²) in [5.41, 5.74) is 2.33. The van der Waals surface area contributed by atoms with Gasteiger partial charge in [-0.25, -0.2) is 16.8 Å². The fourth-order valence-electron chi connectivity index (χ4n) is 2.51. The van der Waals surface area contributed by atoms with E-state index in [4.69, 9.17) is 0 Å². The molecule has 0 fully saturated rings. The number of Topliss-reactive ketones (excluding diaryl/α,β-unsaturated/α-hetero) is 1. The summed E-state index contributed by atoms with van der Waals surface area (Å²) in [6.07, 6.45) is 0.159. The van der Waals surface area contributed by atoms with Gasteiger partial charge in [-0.05, 0) is 64.8 Å². The van der Waals surface area contributed by atoms with Crippen LogP contribution >= 0.6 is 0 Å². The van der Waals surface area contributed by atoms with E-state index in [-0.39, 0.29) is 18.0 Å². The predicted molar refractivity (Wildman–Crippen MR) is 126 cm³/mol. The smallest absolute Gasteiger partial charge is 0.237 e. The standard InChI is InChI=1S/C23H31NO5S2/c1-22(2,3)30(26,27)16-18-7-11-19(12-8-18)21(25)15-17-9-13-20(14-10-17)24-31(28,29)23(4,5)6/h7-14,24H,15-16H2,1-6H3. The third-order valence-corrected chi connectivity index (χ3v) is 9.64. The lowest BCUT2D eigenvalue weighted by atomic mass is 10.0. The predicted octanol–water partition coefficient (Wildman–Crippen LogP) is 4.37. The van der Waals surface area contributed by atoms with Crippen LogP contribution in [-0.4, -0.2) is 32.1 Å². The van der Waals surface area contributed by atoms with Crippen molar-refractivity contribution in [1.29, 1.82) is 0 Å². The second-order valence-corrected chi connectivity index (χ2v) is 14.8. The summed E-state index contributed by atoms with van der Waals surface area (Å²) >= 11 is 0. The van der Waals surface area contributed by atoms with Crippen LogP contribution in [0.3, 0.4) is 0 Å². The maximum Gasteiger partial charge on any atom is 0.237 e. The minimum atomic E-state index is -3.52. The Morgan fingerprint density at radius 2 is 1.23 bits per heavy atom. The monoisotopic (exact) mass is 465 g/mol. The van der Waals surface area contributed by atoms with Crippen LogP contribution in [0.1, 0.15) is 63.0 Å². The van der Waals surface area contributed by atoms with Gasteiger partial charge in [-0.3, -0.25) is 9.52 Å². The van der Waals surface area contributed by atoms with Gasteiger partial charge in [-0.2, -0.15) is 0 Å². The van der Waals surface area contributed by atoms with Gasteiger partial charge in [-0.1, -0.05) is 36.4 Å². The van der Waals surface area contributed by atoms with Crippen LogP contribution in [0.4, 0.5) is 5.69 Å². The van der Waals surface area contributed by atoms with E-state index in [0.717, 1.165) is 5.56 Å². The minimum Gasteiger partial charge on any atom is -0.294 e. The van der Waals surface area contributed by atoms with Gasteiger partial charge < -0.3 is 0 Å². The largest absolute Gasteiger partial charge is 0.294 e. The molecule has 0 heterocycles. The van der Waals surface area contributed by atoms with Crippen molar-refractivity contribution in [3.05, 3.63) is 65.2 Å². The Morgan fingerprint density at radius 1 is 0.742 bits per heavy atom. The van der Waals surface area contributed by atoms with E-state index in [2.05, 4.69) is 4.72 Å². The number of anilines is 1. The quantitative estimate of drug-likeness (QED) is 0.613. The molecule has 1 N–H and O–H groups in total. The number of sulfonamides is 1. The van der Waals surface area contributed by atoms with Crippen LogP contribution in [-0.2, 0) is 32.0 Å². The average molecular weight is 466 g/mol. The molecule has 0 spiro atoms. The van der Waals surface area contributed by atoms with Crippen molar-refractivity contribution >= 4 is 31.3 Å². The summed E-state index contributed by atoms with van der Waals surface area (Å²) in [5.74, 6) is -0.176. The first-order valence-corrected chi connectivity index (χ1v) is 13.1. The van der Waals surface area contributed by atoms with Crippen LogP contribution in [0.15, 0.2) is 48.5 Å². The summed E-state index contributed by atoms with van der Waals surface area (Å²) in [6, 6.07) is 13.3. The molecule has 170 valence electrons. The summed E-state index contributed by atoms with van der Waals surface area (Å²) in [4.78, 5) is 12.6. The molecule has 0 saturated carbocycles. The van der Waals surface area contributed by atoms with Gasteiger partial charge in [0, 0.05) is 17.7 Å². The lowest BCUT2D eigenvalue weighted by molar-refractivity contribution is 0.0993. The SMILES string of the molecule is CC(C)(C)S(=O)(=O)Cc1ccc(C(=O)Cc2ccc(NS(=O)(=O)C(C)(C)C)cc2)cc1. The second-order valence-electron chi connectivity index (χ2n) is 9.58. The van der Waals surface area contributed by atoms with Gasteiger partial charge in [0.25, 0.3) is 0 Å². The van der Waals surface area contributed by atoms with E-state index >= 15 is 0 Å². The first-order chi connectivity index (χ1) is 14.0. The van der Waals surface area contributed by atoms with Crippen LogP contribution in [0.5, 0.6) is 0 Å². The summed E-state index contributed by atoms with van der Waals surface area (Å²) in [6.45, 7) is 9.85. The number of sulfone groups is 1. The van der Waals surface area contributed by atoms with Crippen molar-refractivity contribution in [3.63, 3.8) is 0 Å². The zero-order valence-corrected chi connectivity index (χ0v) is 20.5. The van der Waals surface area contributed by atoms with Crippen molar-refractivity contribution in [2.75, 3.05) is 4.72 Å². The Bertz CT molecular complexity index is 1130. The van der Waals surface area contributed by atoms with Gasteiger partial charge in [0.1, 0.15) is 0 Å². The third-order valence-electron chi connectivity index (χ3n) is 4.94. The molecule has 0 aliphatic heterocycles. The highest BCUT2D eigenvalue weighted by Gasteiger charge is 2.29. The molecule has 2 rings (SSSR count). The van der Waals surface area contributed by atoms with E-state index in [1.165, 1.54) is 0 Å². The number of hydrogen-bond donors (Lipinski definition) is 1. The lowest BCUT2D eigenvalue weighted by Gasteiger charge is -2.20. The molecule has 0 amide bonds. The number of carbonyl (C=O) groups is 1. The van der Waals surface area contributed by atoms with Gasteiger partial charge in [0.15, 0.2) is 15.6 Å². The number of rotatable bonds is 7. The molecule has 6 nitrogen and oxygen atoms in total. The van der Waals surface area contributed by atoms with Crippen molar-refractivity contribution in [2.45, 2.75) is 63.2 Å². The molecular formula is C23H31NO5S2. The molecule has 0 saturated heterocycles. The van der Waals surface area contributed by atoms with Crippen molar-refractivity contribution < 1.29 is 21.6 Å². The molecule has 2 aromatic rings. The first-order valence-electron chi connectivity index (χ1n) is 9.98. The van der Waals surface area contributed by atoms with Crippen molar-refractivity contribution in [1.82, 2.24) is 0 Å². The van der Waals surface area contributed by atoms with Gasteiger partial charge >= 0.3 is 0 Å². The Balaban J connectivity index is 2.06. The summed E-state index contributed by atoms with van der Waals surface area (Å²) in [7, 11) is -6.81. The lowest BCUT2D eigenvalue weighted by Crippen LogP contribution is -2.33. The molecular weight excluding hydrogens is 434 g/mol. The van der Waals surface area contributed by atoms with Crippen LogP contribution in [0, 0.1) is 0 Å². The molecule has 2 aromatic carbocycles. The summed E-state index contributed by atoms with van der Waals surface area (Å²) < 4.78 is 49.9. The highest BCUT2D eigenvalue weighted by molar-refractivity contribution is 7.94. The number of hydrogen-bond acceptors (Lipinski definition) is 5. The molecule has 8 heteroatoms. The van der Waals surface area contributed by atoms with E-state index in [9.17, 15) is 21.6 Å². The van der Waals surface area contributed by atoms with E-state index in [1.807, 2.05) is 0 Å². The second kappa shape index (κ2) is 8.74. The maximum absolute atomic E-state index is 12.6. The Hall–Kier alpha value is -2.19. The number of ketones is 1. The fraction of sp³-hybridized carbons (Fsp3) is 0.435. The number of carbonyl (C=O) groups excluding carboxylic acids is 1. The average Bonchev–Trinajstić information content (AvgIpc) is 2.61. The topological polar surface area (TPSA) is 97.4 Å². The first kappa shape index (κ1) is 25.1. The van der Waals surface area contributed by atoms with Crippen LogP contribution in [0.25, 0.3) is 0 Å². The van der Waals surface area contributed by atoms with E-state index in [1.54, 1.807) is 90.1 Å². The Labute approximate surface area is 186 Å². The highest BCUT2D eigenvalue weighted by atomic mass is 32.2. The molecule has 0 radical (unpaired) electrons. The van der Waals surface area contributed by atoms with Crippen molar-refractivity contribution in [3.8, 4) is 0 Å². The molecule has 0 bridgehead atoms. The number of benzene rings is 2. The Kier molecular flexibility index (Phi) is 7.07. The van der Waals surface area contributed by atoms with Crippen LogP contribution in [0.2, 0.25) is 0 Å². The summed E-state index contributed by atoms with van der Waals surface area (Å²) in [5, 5.41) is 0. The zero-order chi connectivity index (χ0) is 23.7. The molecule has 0 atom stereocenters. The molecule has 0 aliphatic carbocycles. The van der Waals surface area contributed by atoms with Gasteiger partial charge in [0.05, 0.1) is 15.2 Å². The molecule has 31 heavy (non-hydrogen) atoms. The third kappa shape index (κ3) is 6.40. The minimum absolute atomic E-state index is 0.0725. The maximum atomic E-state index is 12.6. The van der Waals surface area contributed by atoms with E-state index in [0.29, 0.717) is 16.8 Å². The van der Waals surface area contributed by atoms with E-state index < -0.39 is 29.4 Å². The molecule has 0 unspecified atom stereocenters. The fourth-order valence-corrected chi connectivity index (χ4v) is 4.33. The highest BCUT2D eigenvalue weighted by Crippen LogP contribution is 2.22. The van der Waals surface area contributed by atoms with Crippen LogP contribution < -0.4 is 4.72 Å². The Morgan fingerprint density at radius 3 is 1.68 bits per heavy atom. The normalized spacial score (nSPS) is 13.1. The zero-order valence-electron chi connectivity index (χ0n) is 18.9.